The molecule has 6 nitrogen and oxygen atoms in total. The molecule has 2 heterocycles. The molecule has 0 bridgehead atoms. The van der Waals surface area contributed by atoms with E-state index in [1.807, 2.05) is 66.7 Å². The summed E-state index contributed by atoms with van der Waals surface area (Å²) in [4.78, 5) is 23.6. The number of methoxy groups -OCH3 is 1. The van der Waals surface area contributed by atoms with E-state index in [2.05, 4.69) is 9.97 Å². The average Bonchev–Trinajstić information content (AvgIpc) is 2.86. The topological polar surface area (TPSA) is 64.5 Å². The summed E-state index contributed by atoms with van der Waals surface area (Å²) in [6, 6.07) is 24.2. The molecular weight excluding hydrogens is 402 g/mol. The van der Waals surface area contributed by atoms with Crippen LogP contribution in [0.3, 0.4) is 0 Å². The number of carbonyl (C=O) groups is 1. The normalized spacial score (nSPS) is 10.4. The van der Waals surface area contributed by atoms with Crippen LogP contribution in [0.25, 0.3) is 0 Å². The van der Waals surface area contributed by atoms with Gasteiger partial charge in [0.05, 0.1) is 25.0 Å². The Kier molecular flexibility index (Phi) is 6.72. The first-order valence-corrected chi connectivity index (χ1v) is 10.3. The molecule has 0 radical (unpaired) electrons. The third kappa shape index (κ3) is 4.75. The number of amides is 1. The molecule has 0 aliphatic heterocycles. The molecule has 0 atom stereocenters. The van der Waals surface area contributed by atoms with E-state index in [-0.39, 0.29) is 5.91 Å². The molecule has 0 aliphatic rings. The second-order valence-electron chi connectivity index (χ2n) is 6.95. The summed E-state index contributed by atoms with van der Waals surface area (Å²) in [7, 11) is 1.58. The van der Waals surface area contributed by atoms with Crippen LogP contribution in [0.15, 0.2) is 97.5 Å². The van der Waals surface area contributed by atoms with E-state index in [0.717, 1.165) is 5.69 Å². The van der Waals surface area contributed by atoms with E-state index in [1.54, 1.807) is 42.7 Å². The first-order valence-electron chi connectivity index (χ1n) is 10.3. The van der Waals surface area contributed by atoms with E-state index in [1.165, 1.54) is 0 Å². The van der Waals surface area contributed by atoms with Gasteiger partial charge < -0.3 is 9.47 Å². The van der Waals surface area contributed by atoms with Crippen LogP contribution in [0.5, 0.6) is 11.5 Å². The fourth-order valence-corrected chi connectivity index (χ4v) is 3.35. The minimum atomic E-state index is -0.216. The number of anilines is 2. The maximum absolute atomic E-state index is 13.6. The lowest BCUT2D eigenvalue weighted by Gasteiger charge is -2.26. The zero-order chi connectivity index (χ0) is 22.2. The SMILES string of the molecule is COc1cccc(N(C(=O)c2cccnc2)c2ccccc2)c1OCCc1ccccn1. The number of ether oxygens (including phenoxy) is 2. The Labute approximate surface area is 187 Å². The number of aromatic nitrogens is 2. The van der Waals surface area contributed by atoms with Crippen molar-refractivity contribution in [3.8, 4) is 11.5 Å². The average molecular weight is 425 g/mol. The summed E-state index contributed by atoms with van der Waals surface area (Å²) in [6.07, 6.45) is 5.58. The Morgan fingerprint density at radius 3 is 2.47 bits per heavy atom. The van der Waals surface area contributed by atoms with Gasteiger partial charge >= 0.3 is 0 Å². The van der Waals surface area contributed by atoms with Crippen LogP contribution in [0.4, 0.5) is 11.4 Å². The Bertz CT molecular complexity index is 1150. The van der Waals surface area contributed by atoms with Crippen molar-refractivity contribution in [3.63, 3.8) is 0 Å². The molecular formula is C26H23N3O3. The highest BCUT2D eigenvalue weighted by atomic mass is 16.5. The van der Waals surface area contributed by atoms with Crippen LogP contribution in [0, 0.1) is 0 Å². The molecule has 1 amide bonds. The smallest absolute Gasteiger partial charge is 0.264 e. The molecule has 4 rings (SSSR count). The van der Waals surface area contributed by atoms with E-state index >= 15 is 0 Å². The maximum Gasteiger partial charge on any atom is 0.264 e. The highest BCUT2D eigenvalue weighted by molar-refractivity contribution is 6.11. The number of hydrogen-bond acceptors (Lipinski definition) is 5. The van der Waals surface area contributed by atoms with Gasteiger partial charge in [0, 0.05) is 36.4 Å². The van der Waals surface area contributed by atoms with Crippen molar-refractivity contribution < 1.29 is 14.3 Å². The maximum atomic E-state index is 13.6. The largest absolute Gasteiger partial charge is 0.493 e. The second-order valence-corrected chi connectivity index (χ2v) is 6.95. The lowest BCUT2D eigenvalue weighted by molar-refractivity contribution is 0.0998. The van der Waals surface area contributed by atoms with Gasteiger partial charge in [-0.05, 0) is 48.5 Å². The summed E-state index contributed by atoms with van der Waals surface area (Å²) < 4.78 is 11.7. The van der Waals surface area contributed by atoms with Gasteiger partial charge in [-0.25, -0.2) is 0 Å². The van der Waals surface area contributed by atoms with Crippen molar-refractivity contribution in [3.05, 3.63) is 109 Å². The van der Waals surface area contributed by atoms with Crippen LogP contribution in [-0.2, 0) is 6.42 Å². The van der Waals surface area contributed by atoms with Crippen LogP contribution >= 0.6 is 0 Å². The minimum Gasteiger partial charge on any atom is -0.493 e. The highest BCUT2D eigenvalue weighted by Crippen LogP contribution is 2.41. The van der Waals surface area contributed by atoms with Gasteiger partial charge in [0.25, 0.3) is 5.91 Å². The molecule has 0 saturated heterocycles. The second kappa shape index (κ2) is 10.2. The Hall–Kier alpha value is -4.19. The molecule has 32 heavy (non-hydrogen) atoms. The molecule has 0 unspecified atom stereocenters. The summed E-state index contributed by atoms with van der Waals surface area (Å²) in [5, 5.41) is 0. The summed E-state index contributed by atoms with van der Waals surface area (Å²) in [5.74, 6) is 0.822. The number of rotatable bonds is 8. The van der Waals surface area contributed by atoms with E-state index in [4.69, 9.17) is 9.47 Å². The lowest BCUT2D eigenvalue weighted by Crippen LogP contribution is -2.26. The first kappa shape index (κ1) is 21.1. The number of benzene rings is 2. The number of hydrogen-bond donors (Lipinski definition) is 0. The third-order valence-electron chi connectivity index (χ3n) is 4.88. The molecule has 160 valence electrons. The Balaban J connectivity index is 1.72. The predicted octanol–water partition coefficient (Wildman–Crippen LogP) is 5.09. The van der Waals surface area contributed by atoms with E-state index in [9.17, 15) is 4.79 Å². The zero-order valence-electron chi connectivity index (χ0n) is 17.7. The first-order chi connectivity index (χ1) is 15.8. The molecule has 0 saturated carbocycles. The number of para-hydroxylation sites is 2. The highest BCUT2D eigenvalue weighted by Gasteiger charge is 2.25. The molecule has 4 aromatic rings. The number of nitrogens with zero attached hydrogens (tertiary/aromatic N) is 3. The molecule has 0 spiro atoms. The van der Waals surface area contributed by atoms with Crippen LogP contribution in [0.1, 0.15) is 16.1 Å². The summed E-state index contributed by atoms with van der Waals surface area (Å²) >= 11 is 0. The van der Waals surface area contributed by atoms with Crippen LogP contribution < -0.4 is 14.4 Å². The fraction of sp³-hybridized carbons (Fsp3) is 0.115. The van der Waals surface area contributed by atoms with Crippen LogP contribution in [0.2, 0.25) is 0 Å². The van der Waals surface area contributed by atoms with Crippen molar-refractivity contribution in [1.82, 2.24) is 9.97 Å². The van der Waals surface area contributed by atoms with Gasteiger partial charge in [-0.3, -0.25) is 19.7 Å². The van der Waals surface area contributed by atoms with Gasteiger partial charge in [0.1, 0.15) is 0 Å². The molecule has 2 aromatic carbocycles. The van der Waals surface area contributed by atoms with Crippen molar-refractivity contribution in [2.24, 2.45) is 0 Å². The van der Waals surface area contributed by atoms with Gasteiger partial charge in [0.2, 0.25) is 0 Å². The molecule has 2 aromatic heterocycles. The fourth-order valence-electron chi connectivity index (χ4n) is 3.35. The van der Waals surface area contributed by atoms with Crippen molar-refractivity contribution in [1.29, 1.82) is 0 Å². The monoisotopic (exact) mass is 425 g/mol. The quantitative estimate of drug-likeness (QED) is 0.394. The Morgan fingerprint density at radius 1 is 0.906 bits per heavy atom. The lowest BCUT2D eigenvalue weighted by atomic mass is 10.1. The zero-order valence-corrected chi connectivity index (χ0v) is 17.7. The van der Waals surface area contributed by atoms with Crippen molar-refractivity contribution in [2.75, 3.05) is 18.6 Å². The standard InChI is InChI=1S/C26H23N3O3/c1-31-24-14-7-13-23(25(24)32-18-15-21-10-5-6-17-28-21)29(22-11-3-2-4-12-22)26(30)20-9-8-16-27-19-20/h2-14,16-17,19H,15,18H2,1H3. The summed E-state index contributed by atoms with van der Waals surface area (Å²) in [6.45, 7) is 0.383. The molecule has 0 fully saturated rings. The Morgan fingerprint density at radius 2 is 1.75 bits per heavy atom. The molecule has 6 heteroatoms. The van der Waals surface area contributed by atoms with Gasteiger partial charge in [-0.1, -0.05) is 30.3 Å². The van der Waals surface area contributed by atoms with Crippen molar-refractivity contribution in [2.45, 2.75) is 6.42 Å². The van der Waals surface area contributed by atoms with E-state index in [0.29, 0.717) is 41.5 Å². The molecule has 0 N–H and O–H groups in total. The summed E-state index contributed by atoms with van der Waals surface area (Å²) in [5.41, 5.74) is 2.70. The predicted molar refractivity (Wildman–Crippen MR) is 124 cm³/mol. The van der Waals surface area contributed by atoms with Crippen molar-refractivity contribution >= 4 is 17.3 Å². The van der Waals surface area contributed by atoms with Gasteiger partial charge in [0.15, 0.2) is 11.5 Å². The number of carbonyl (C=O) groups excluding carboxylic acids is 1. The van der Waals surface area contributed by atoms with Gasteiger partial charge in [-0.2, -0.15) is 0 Å². The number of pyridine rings is 2. The van der Waals surface area contributed by atoms with Gasteiger partial charge in [-0.15, -0.1) is 0 Å². The third-order valence-corrected chi connectivity index (χ3v) is 4.88. The molecule has 0 aliphatic carbocycles. The van der Waals surface area contributed by atoms with E-state index < -0.39 is 0 Å². The minimum absolute atomic E-state index is 0.216. The van der Waals surface area contributed by atoms with Crippen LogP contribution in [-0.4, -0.2) is 29.6 Å².